The number of nitrogens with zero attached hydrogens (tertiary/aromatic N) is 3. The van der Waals surface area contributed by atoms with E-state index in [9.17, 15) is 4.79 Å². The summed E-state index contributed by atoms with van der Waals surface area (Å²) in [5.74, 6) is 0. The second kappa shape index (κ2) is 3.94. The molecule has 0 unspecified atom stereocenters. The number of benzene rings is 1. The van der Waals surface area contributed by atoms with Crippen molar-refractivity contribution in [2.45, 2.75) is 0 Å². The summed E-state index contributed by atoms with van der Waals surface area (Å²) in [5, 5.41) is 3.98. The van der Waals surface area contributed by atoms with Gasteiger partial charge in [-0.1, -0.05) is 15.9 Å². The van der Waals surface area contributed by atoms with Gasteiger partial charge in [0.1, 0.15) is 0 Å². The number of aromatic nitrogens is 3. The first-order valence-electron chi connectivity index (χ1n) is 4.17. The molecule has 0 bridgehead atoms. The van der Waals surface area contributed by atoms with Crippen LogP contribution in [0, 0.1) is 0 Å². The van der Waals surface area contributed by atoms with E-state index < -0.39 is 0 Å². The molecule has 1 heterocycles. The summed E-state index contributed by atoms with van der Waals surface area (Å²) < 4.78 is 4.25. The molecule has 0 spiro atoms. The third-order valence-electron chi connectivity index (χ3n) is 1.97. The van der Waals surface area contributed by atoms with Gasteiger partial charge in [0, 0.05) is 11.5 Å². The highest BCUT2D eigenvalue weighted by Gasteiger charge is 2.09. The van der Waals surface area contributed by atoms with Crippen LogP contribution >= 0.6 is 31.9 Å². The Labute approximate surface area is 103 Å². The summed E-state index contributed by atoms with van der Waals surface area (Å²) in [7, 11) is 1.61. The van der Waals surface area contributed by atoms with Crippen LogP contribution in [-0.2, 0) is 7.05 Å². The first-order valence-corrected chi connectivity index (χ1v) is 5.75. The molecule has 0 saturated carbocycles. The van der Waals surface area contributed by atoms with Crippen molar-refractivity contribution in [1.82, 2.24) is 14.3 Å². The molecule has 0 aliphatic carbocycles. The Hall–Kier alpha value is -0.880. The highest BCUT2D eigenvalue weighted by atomic mass is 79.9. The Bertz CT molecular complexity index is 541. The van der Waals surface area contributed by atoms with Gasteiger partial charge in [-0.3, -0.25) is 0 Å². The SMILES string of the molecule is Cn1nc(Br)n(-c2ccc(Br)cc2)c1=O. The van der Waals surface area contributed by atoms with Crippen molar-refractivity contribution in [1.29, 1.82) is 0 Å². The highest BCUT2D eigenvalue weighted by molar-refractivity contribution is 9.10. The Balaban J connectivity index is 2.64. The summed E-state index contributed by atoms with van der Waals surface area (Å²) in [4.78, 5) is 11.7. The van der Waals surface area contributed by atoms with E-state index in [1.165, 1.54) is 9.25 Å². The minimum absolute atomic E-state index is 0.177. The minimum atomic E-state index is -0.177. The van der Waals surface area contributed by atoms with Crippen molar-refractivity contribution in [2.75, 3.05) is 0 Å². The Kier molecular flexibility index (Phi) is 2.79. The van der Waals surface area contributed by atoms with E-state index in [4.69, 9.17) is 0 Å². The molecule has 4 nitrogen and oxygen atoms in total. The predicted molar refractivity (Wildman–Crippen MR) is 64.2 cm³/mol. The average Bonchev–Trinajstić information content (AvgIpc) is 2.44. The molecule has 1 aromatic carbocycles. The molecule has 0 radical (unpaired) electrons. The van der Waals surface area contributed by atoms with Crippen LogP contribution in [0.5, 0.6) is 0 Å². The van der Waals surface area contributed by atoms with Crippen molar-refractivity contribution in [2.24, 2.45) is 7.05 Å². The van der Waals surface area contributed by atoms with E-state index in [0.29, 0.717) is 4.73 Å². The predicted octanol–water partition coefficient (Wildman–Crippen LogP) is 2.10. The zero-order valence-corrected chi connectivity index (χ0v) is 11.0. The van der Waals surface area contributed by atoms with Crippen LogP contribution in [0.1, 0.15) is 0 Å². The zero-order chi connectivity index (χ0) is 11.0. The second-order valence-corrected chi connectivity index (χ2v) is 4.61. The maximum absolute atomic E-state index is 11.7. The maximum Gasteiger partial charge on any atom is 0.350 e. The molecule has 15 heavy (non-hydrogen) atoms. The van der Waals surface area contributed by atoms with Gasteiger partial charge in [0.15, 0.2) is 0 Å². The van der Waals surface area contributed by atoms with Gasteiger partial charge in [0.2, 0.25) is 4.73 Å². The average molecular weight is 333 g/mol. The largest absolute Gasteiger partial charge is 0.350 e. The van der Waals surface area contributed by atoms with Crippen molar-refractivity contribution < 1.29 is 0 Å². The molecular weight excluding hydrogens is 326 g/mol. The molecule has 1 aromatic heterocycles. The van der Waals surface area contributed by atoms with Crippen molar-refractivity contribution in [3.05, 3.63) is 44.0 Å². The molecule has 0 aliphatic heterocycles. The normalized spacial score (nSPS) is 10.6. The van der Waals surface area contributed by atoms with Crippen LogP contribution in [0.15, 0.2) is 38.3 Å². The van der Waals surface area contributed by atoms with Gasteiger partial charge in [-0.05, 0) is 40.2 Å². The monoisotopic (exact) mass is 331 g/mol. The number of rotatable bonds is 1. The molecule has 0 atom stereocenters. The second-order valence-electron chi connectivity index (χ2n) is 2.99. The van der Waals surface area contributed by atoms with Gasteiger partial charge in [0.05, 0.1) is 5.69 Å². The van der Waals surface area contributed by atoms with Gasteiger partial charge in [0.25, 0.3) is 0 Å². The zero-order valence-electron chi connectivity index (χ0n) is 7.82. The van der Waals surface area contributed by atoms with Crippen molar-refractivity contribution >= 4 is 31.9 Å². The molecule has 6 heteroatoms. The number of hydrogen-bond donors (Lipinski definition) is 0. The summed E-state index contributed by atoms with van der Waals surface area (Å²) in [6.45, 7) is 0. The lowest BCUT2D eigenvalue weighted by molar-refractivity contribution is 0.724. The fourth-order valence-corrected chi connectivity index (χ4v) is 2.10. The summed E-state index contributed by atoms with van der Waals surface area (Å²) in [5.41, 5.74) is 0.604. The fourth-order valence-electron chi connectivity index (χ4n) is 1.24. The molecule has 2 rings (SSSR count). The van der Waals surface area contributed by atoms with Gasteiger partial charge < -0.3 is 0 Å². The van der Waals surface area contributed by atoms with Crippen LogP contribution in [0.25, 0.3) is 5.69 Å². The van der Waals surface area contributed by atoms with E-state index >= 15 is 0 Å². The van der Waals surface area contributed by atoms with Crippen LogP contribution < -0.4 is 5.69 Å². The number of hydrogen-bond acceptors (Lipinski definition) is 2. The van der Waals surface area contributed by atoms with E-state index in [2.05, 4.69) is 37.0 Å². The van der Waals surface area contributed by atoms with Crippen LogP contribution in [-0.4, -0.2) is 14.3 Å². The van der Waals surface area contributed by atoms with Crippen LogP contribution in [0.2, 0.25) is 0 Å². The lowest BCUT2D eigenvalue weighted by Gasteiger charge is -2.00. The molecule has 2 aromatic rings. The summed E-state index contributed by atoms with van der Waals surface area (Å²) in [6, 6.07) is 7.44. The topological polar surface area (TPSA) is 39.8 Å². The fraction of sp³-hybridized carbons (Fsp3) is 0.111. The molecule has 78 valence electrons. The third kappa shape index (κ3) is 1.91. The quantitative estimate of drug-likeness (QED) is 0.802. The van der Waals surface area contributed by atoms with E-state index in [0.717, 1.165) is 10.2 Å². The minimum Gasteiger partial charge on any atom is -0.246 e. The number of halogens is 2. The Morgan fingerprint density at radius 1 is 1.20 bits per heavy atom. The van der Waals surface area contributed by atoms with Gasteiger partial charge >= 0.3 is 5.69 Å². The van der Waals surface area contributed by atoms with Gasteiger partial charge in [-0.2, -0.15) is 0 Å². The highest BCUT2D eigenvalue weighted by Crippen LogP contribution is 2.15. The molecule has 0 aliphatic rings. The van der Waals surface area contributed by atoms with Gasteiger partial charge in [-0.25, -0.2) is 14.0 Å². The first-order chi connectivity index (χ1) is 7.09. The molecule has 0 fully saturated rings. The third-order valence-corrected chi connectivity index (χ3v) is 3.01. The lowest BCUT2D eigenvalue weighted by Crippen LogP contribution is -2.21. The molecule has 0 N–H and O–H groups in total. The van der Waals surface area contributed by atoms with Gasteiger partial charge in [-0.15, -0.1) is 5.10 Å². The number of aryl methyl sites for hydroxylation is 1. The van der Waals surface area contributed by atoms with Crippen molar-refractivity contribution in [3.8, 4) is 5.69 Å². The standard InChI is InChI=1S/C9H7Br2N3O/c1-13-9(15)14(8(11)12-13)7-4-2-6(10)3-5-7/h2-5H,1H3. The Morgan fingerprint density at radius 3 is 2.27 bits per heavy atom. The van der Waals surface area contributed by atoms with Crippen LogP contribution in [0.4, 0.5) is 0 Å². The summed E-state index contributed by atoms with van der Waals surface area (Å²) in [6.07, 6.45) is 0. The van der Waals surface area contributed by atoms with E-state index in [1.807, 2.05) is 24.3 Å². The smallest absolute Gasteiger partial charge is 0.246 e. The Morgan fingerprint density at radius 2 is 1.80 bits per heavy atom. The first kappa shape index (κ1) is 10.6. The van der Waals surface area contributed by atoms with E-state index in [-0.39, 0.29) is 5.69 Å². The van der Waals surface area contributed by atoms with E-state index in [1.54, 1.807) is 7.05 Å². The molecule has 0 saturated heterocycles. The lowest BCUT2D eigenvalue weighted by atomic mass is 10.3. The molecular formula is C9H7Br2N3O. The summed E-state index contributed by atoms with van der Waals surface area (Å²) >= 11 is 6.58. The van der Waals surface area contributed by atoms with Crippen LogP contribution in [0.3, 0.4) is 0 Å². The van der Waals surface area contributed by atoms with Crippen molar-refractivity contribution in [3.63, 3.8) is 0 Å². The maximum atomic E-state index is 11.7. The molecule has 0 amide bonds.